The van der Waals surface area contributed by atoms with Crippen LogP contribution in [0.4, 0.5) is 13.2 Å². The molecule has 0 unspecified atom stereocenters. The Morgan fingerprint density at radius 2 is 2.27 bits per heavy atom. The minimum Gasteiger partial charge on any atom is -0.323 e. The van der Waals surface area contributed by atoms with E-state index in [4.69, 9.17) is 5.73 Å². The molecule has 0 radical (unpaired) electrons. The van der Waals surface area contributed by atoms with E-state index in [1.54, 1.807) is 0 Å². The number of fused-ring (bicyclic) bond motifs is 1. The summed E-state index contributed by atoms with van der Waals surface area (Å²) in [6, 6.07) is -0.205. The van der Waals surface area contributed by atoms with Gasteiger partial charge in [-0.15, -0.1) is 0 Å². The summed E-state index contributed by atoms with van der Waals surface area (Å²) >= 11 is 0. The first kappa shape index (κ1) is 10.5. The van der Waals surface area contributed by atoms with Crippen LogP contribution in [0.2, 0.25) is 0 Å². The summed E-state index contributed by atoms with van der Waals surface area (Å²) in [5, 5.41) is 3.89. The van der Waals surface area contributed by atoms with E-state index in [0.29, 0.717) is 5.69 Å². The van der Waals surface area contributed by atoms with Crippen molar-refractivity contribution < 1.29 is 13.2 Å². The minimum atomic E-state index is -4.22. The van der Waals surface area contributed by atoms with Crippen LogP contribution >= 0.6 is 0 Å². The second-order valence-electron chi connectivity index (χ2n) is 3.85. The summed E-state index contributed by atoms with van der Waals surface area (Å²) in [6.45, 7) is -1.03. The lowest BCUT2D eigenvalue weighted by molar-refractivity contribution is -0.142. The highest BCUT2D eigenvalue weighted by molar-refractivity contribution is 5.23. The molecule has 0 aliphatic heterocycles. The number of aromatic nitrogens is 2. The highest BCUT2D eigenvalue weighted by atomic mass is 19.4. The number of hydrogen-bond acceptors (Lipinski definition) is 2. The van der Waals surface area contributed by atoms with Gasteiger partial charge in [0.05, 0.1) is 5.69 Å². The first-order chi connectivity index (χ1) is 6.96. The Morgan fingerprint density at radius 3 is 2.87 bits per heavy atom. The molecule has 0 amide bonds. The highest BCUT2D eigenvalue weighted by Gasteiger charge is 2.30. The zero-order valence-electron chi connectivity index (χ0n) is 8.09. The van der Waals surface area contributed by atoms with Crippen LogP contribution in [0, 0.1) is 0 Å². The predicted molar refractivity (Wildman–Crippen MR) is 48.1 cm³/mol. The Hall–Kier alpha value is -1.04. The molecule has 0 fully saturated rings. The molecule has 1 aromatic heterocycles. The molecule has 2 N–H and O–H groups in total. The molecule has 84 valence electrons. The van der Waals surface area contributed by atoms with Gasteiger partial charge in [0, 0.05) is 12.2 Å². The van der Waals surface area contributed by atoms with E-state index < -0.39 is 12.7 Å². The van der Waals surface area contributed by atoms with Crippen molar-refractivity contribution in [1.29, 1.82) is 0 Å². The third-order valence-corrected chi connectivity index (χ3v) is 2.52. The summed E-state index contributed by atoms with van der Waals surface area (Å²) < 4.78 is 37.3. The maximum absolute atomic E-state index is 12.1. The van der Waals surface area contributed by atoms with Gasteiger partial charge in [-0.05, 0) is 24.8 Å². The van der Waals surface area contributed by atoms with Gasteiger partial charge in [-0.2, -0.15) is 18.3 Å². The molecular weight excluding hydrogens is 207 g/mol. The van der Waals surface area contributed by atoms with E-state index in [1.807, 2.05) is 0 Å². The van der Waals surface area contributed by atoms with Gasteiger partial charge < -0.3 is 5.73 Å². The summed E-state index contributed by atoms with van der Waals surface area (Å²) in [5.74, 6) is 0. The smallest absolute Gasteiger partial charge is 0.323 e. The molecule has 1 atom stereocenters. The van der Waals surface area contributed by atoms with E-state index in [9.17, 15) is 13.2 Å². The first-order valence-corrected chi connectivity index (χ1v) is 4.84. The van der Waals surface area contributed by atoms with Crippen molar-refractivity contribution in [2.75, 3.05) is 0 Å². The summed E-state index contributed by atoms with van der Waals surface area (Å²) in [4.78, 5) is 0. The second-order valence-corrected chi connectivity index (χ2v) is 3.85. The monoisotopic (exact) mass is 219 g/mol. The fourth-order valence-corrected chi connectivity index (χ4v) is 1.90. The zero-order valence-corrected chi connectivity index (χ0v) is 8.09. The Morgan fingerprint density at radius 1 is 1.53 bits per heavy atom. The van der Waals surface area contributed by atoms with Crippen LogP contribution in [0.3, 0.4) is 0 Å². The number of halogens is 3. The Balaban J connectivity index is 2.22. The lowest BCUT2D eigenvalue weighted by Gasteiger charge is -2.15. The largest absolute Gasteiger partial charge is 0.408 e. The van der Waals surface area contributed by atoms with Crippen LogP contribution in [-0.4, -0.2) is 16.0 Å². The molecule has 3 nitrogen and oxygen atoms in total. The van der Waals surface area contributed by atoms with Gasteiger partial charge >= 0.3 is 6.18 Å². The van der Waals surface area contributed by atoms with Crippen molar-refractivity contribution in [3.8, 4) is 0 Å². The number of nitrogens with two attached hydrogens (primary N) is 1. The Bertz CT molecular complexity index is 356. The highest BCUT2D eigenvalue weighted by Crippen LogP contribution is 2.27. The van der Waals surface area contributed by atoms with E-state index >= 15 is 0 Å². The number of aryl methyl sites for hydroxylation is 1. The average Bonchev–Trinajstić information content (AvgIpc) is 2.45. The number of hydrogen-bond donors (Lipinski definition) is 1. The molecular formula is C9H12F3N3. The van der Waals surface area contributed by atoms with Gasteiger partial charge in [0.1, 0.15) is 6.54 Å². The van der Waals surface area contributed by atoms with Crippen LogP contribution in [0.25, 0.3) is 0 Å². The molecule has 1 heterocycles. The van der Waals surface area contributed by atoms with E-state index in [0.717, 1.165) is 29.5 Å². The van der Waals surface area contributed by atoms with Gasteiger partial charge in [-0.25, -0.2) is 0 Å². The average molecular weight is 219 g/mol. The lowest BCUT2D eigenvalue weighted by atomic mass is 9.95. The van der Waals surface area contributed by atoms with Crippen molar-refractivity contribution in [3.05, 3.63) is 17.5 Å². The molecule has 2 rings (SSSR count). The van der Waals surface area contributed by atoms with E-state index in [2.05, 4.69) is 5.10 Å². The van der Waals surface area contributed by atoms with Gasteiger partial charge in [-0.3, -0.25) is 4.68 Å². The zero-order chi connectivity index (χ0) is 11.1. The number of alkyl halides is 3. The molecule has 0 saturated carbocycles. The fourth-order valence-electron chi connectivity index (χ4n) is 1.90. The Kier molecular flexibility index (Phi) is 2.46. The molecule has 0 saturated heterocycles. The maximum Gasteiger partial charge on any atom is 0.408 e. The maximum atomic E-state index is 12.1. The van der Waals surface area contributed by atoms with Gasteiger partial charge in [0.2, 0.25) is 0 Å². The standard InChI is InChI=1S/C9H12F3N3/c10-9(11,12)5-15-4-6-2-1-3-7(13)8(6)14-15/h4,7H,1-3,5,13H2/t7-/m0/s1. The third-order valence-electron chi connectivity index (χ3n) is 2.52. The predicted octanol–water partition coefficient (Wildman–Crippen LogP) is 1.78. The lowest BCUT2D eigenvalue weighted by Crippen LogP contribution is -2.19. The van der Waals surface area contributed by atoms with Crippen LogP contribution < -0.4 is 5.73 Å². The topological polar surface area (TPSA) is 43.8 Å². The van der Waals surface area contributed by atoms with Crippen molar-refractivity contribution in [2.24, 2.45) is 5.73 Å². The molecule has 0 aromatic carbocycles. The van der Waals surface area contributed by atoms with Gasteiger partial charge in [-0.1, -0.05) is 0 Å². The van der Waals surface area contributed by atoms with Crippen molar-refractivity contribution >= 4 is 0 Å². The molecule has 1 aliphatic carbocycles. The molecule has 1 aromatic rings. The fraction of sp³-hybridized carbons (Fsp3) is 0.667. The van der Waals surface area contributed by atoms with E-state index in [1.165, 1.54) is 6.20 Å². The van der Waals surface area contributed by atoms with Crippen LogP contribution in [-0.2, 0) is 13.0 Å². The van der Waals surface area contributed by atoms with Crippen molar-refractivity contribution in [3.63, 3.8) is 0 Å². The Labute approximate surface area is 85.1 Å². The quantitative estimate of drug-likeness (QED) is 0.782. The van der Waals surface area contributed by atoms with E-state index in [-0.39, 0.29) is 6.04 Å². The normalized spacial score (nSPS) is 21.5. The van der Waals surface area contributed by atoms with Crippen molar-refractivity contribution in [1.82, 2.24) is 9.78 Å². The van der Waals surface area contributed by atoms with Gasteiger partial charge in [0.25, 0.3) is 0 Å². The first-order valence-electron chi connectivity index (χ1n) is 4.84. The van der Waals surface area contributed by atoms with Crippen molar-refractivity contribution in [2.45, 2.75) is 38.0 Å². The minimum absolute atomic E-state index is 0.205. The SMILES string of the molecule is N[C@H]1CCCc2cn(CC(F)(F)F)nc21. The summed E-state index contributed by atoms with van der Waals surface area (Å²) in [7, 11) is 0. The second kappa shape index (κ2) is 3.52. The molecule has 0 bridgehead atoms. The van der Waals surface area contributed by atoms with Crippen LogP contribution in [0.15, 0.2) is 6.20 Å². The van der Waals surface area contributed by atoms with Crippen LogP contribution in [0.5, 0.6) is 0 Å². The molecule has 0 spiro atoms. The molecule has 6 heteroatoms. The molecule has 1 aliphatic rings. The number of rotatable bonds is 1. The molecule has 15 heavy (non-hydrogen) atoms. The van der Waals surface area contributed by atoms with Crippen LogP contribution in [0.1, 0.15) is 30.1 Å². The summed E-state index contributed by atoms with van der Waals surface area (Å²) in [5.41, 5.74) is 7.26. The van der Waals surface area contributed by atoms with Gasteiger partial charge in [0.15, 0.2) is 0 Å². The third kappa shape index (κ3) is 2.31. The summed E-state index contributed by atoms with van der Waals surface area (Å²) in [6.07, 6.45) is -0.261. The number of nitrogens with zero attached hydrogens (tertiary/aromatic N) is 2.